The Morgan fingerprint density at radius 1 is 1.40 bits per heavy atom. The van der Waals surface area contributed by atoms with E-state index < -0.39 is 0 Å². The largest absolute Gasteiger partial charge is 0.346 e. The number of rotatable bonds is 3. The average molecular weight is 219 g/mol. The van der Waals surface area contributed by atoms with Crippen molar-refractivity contribution in [3.8, 4) is 0 Å². The van der Waals surface area contributed by atoms with E-state index in [1.807, 2.05) is 17.5 Å². The molecule has 0 saturated heterocycles. The van der Waals surface area contributed by atoms with Crippen molar-refractivity contribution in [2.24, 2.45) is 0 Å². The van der Waals surface area contributed by atoms with Crippen molar-refractivity contribution in [1.82, 2.24) is 15.5 Å². The number of carbonyl (C=O) groups excluding carboxylic acids is 1. The van der Waals surface area contributed by atoms with Gasteiger partial charge in [-0.25, -0.2) is 0 Å². The van der Waals surface area contributed by atoms with E-state index in [2.05, 4.69) is 15.5 Å². The van der Waals surface area contributed by atoms with Gasteiger partial charge >= 0.3 is 0 Å². The molecule has 1 amide bonds. The number of nitrogens with zero attached hydrogens (tertiary/aromatic N) is 2. The Bertz CT molecular complexity index is 427. The Kier molecular flexibility index (Phi) is 3.04. The molecule has 0 aliphatic rings. The fourth-order valence-corrected chi connectivity index (χ4v) is 1.73. The molecule has 0 saturated carbocycles. The lowest BCUT2D eigenvalue weighted by molar-refractivity contribution is 0.0954. The van der Waals surface area contributed by atoms with Crippen molar-refractivity contribution in [3.63, 3.8) is 0 Å². The molecule has 0 bridgehead atoms. The fraction of sp³-hybridized carbons (Fsp3) is 0.100. The van der Waals surface area contributed by atoms with Crippen molar-refractivity contribution < 1.29 is 4.79 Å². The smallest absolute Gasteiger partial charge is 0.261 e. The maximum absolute atomic E-state index is 11.5. The van der Waals surface area contributed by atoms with Crippen LogP contribution in [0.4, 0.5) is 0 Å². The topological polar surface area (TPSA) is 54.9 Å². The van der Waals surface area contributed by atoms with Crippen LogP contribution in [0.3, 0.4) is 0 Å². The maximum atomic E-state index is 11.5. The van der Waals surface area contributed by atoms with Crippen molar-refractivity contribution in [2.75, 3.05) is 0 Å². The maximum Gasteiger partial charge on any atom is 0.261 e. The third-order valence-corrected chi connectivity index (χ3v) is 2.67. The minimum absolute atomic E-state index is 0.0735. The van der Waals surface area contributed by atoms with Gasteiger partial charge in [-0.1, -0.05) is 6.07 Å². The van der Waals surface area contributed by atoms with Gasteiger partial charge in [-0.15, -0.1) is 11.3 Å². The molecule has 15 heavy (non-hydrogen) atoms. The number of nitrogens with one attached hydrogen (secondary N) is 1. The van der Waals surface area contributed by atoms with Crippen LogP contribution in [-0.2, 0) is 6.54 Å². The second-order valence-corrected chi connectivity index (χ2v) is 3.82. The van der Waals surface area contributed by atoms with Gasteiger partial charge in [0.15, 0.2) is 0 Å². The van der Waals surface area contributed by atoms with E-state index >= 15 is 0 Å². The van der Waals surface area contributed by atoms with Gasteiger partial charge in [-0.2, -0.15) is 10.2 Å². The van der Waals surface area contributed by atoms with E-state index in [0.29, 0.717) is 11.4 Å². The van der Waals surface area contributed by atoms with Gasteiger partial charge < -0.3 is 5.32 Å². The molecule has 0 unspecified atom stereocenters. The summed E-state index contributed by atoms with van der Waals surface area (Å²) >= 11 is 1.42. The number of thiophene rings is 1. The van der Waals surface area contributed by atoms with Gasteiger partial charge in [0.05, 0.1) is 17.1 Å². The summed E-state index contributed by atoms with van der Waals surface area (Å²) in [6.45, 7) is 0.407. The van der Waals surface area contributed by atoms with Crippen LogP contribution >= 0.6 is 11.3 Å². The van der Waals surface area contributed by atoms with E-state index in [1.54, 1.807) is 18.3 Å². The molecule has 2 aromatic rings. The van der Waals surface area contributed by atoms with Gasteiger partial charge in [-0.3, -0.25) is 4.79 Å². The first-order valence-electron chi connectivity index (χ1n) is 4.44. The lowest BCUT2D eigenvalue weighted by Crippen LogP contribution is -2.22. The third-order valence-electron chi connectivity index (χ3n) is 1.80. The standard InChI is InChI=1S/C10H9N3OS/c14-10(9-4-2-6-15-9)11-7-8-3-1-5-12-13-8/h1-6H,7H2,(H,11,14). The summed E-state index contributed by atoms with van der Waals surface area (Å²) in [5.74, 6) is -0.0735. The highest BCUT2D eigenvalue weighted by Crippen LogP contribution is 2.07. The molecule has 0 aliphatic heterocycles. The Labute approximate surface area is 91.0 Å². The molecule has 0 spiro atoms. The van der Waals surface area contributed by atoms with E-state index in [9.17, 15) is 4.79 Å². The summed E-state index contributed by atoms with van der Waals surface area (Å²) in [6.07, 6.45) is 1.60. The van der Waals surface area contributed by atoms with Crippen LogP contribution in [0, 0.1) is 0 Å². The Morgan fingerprint density at radius 2 is 2.33 bits per heavy atom. The van der Waals surface area contributed by atoms with Crippen molar-refractivity contribution in [2.45, 2.75) is 6.54 Å². The molecule has 0 atom stereocenters. The average Bonchev–Trinajstić information content (AvgIpc) is 2.81. The highest BCUT2D eigenvalue weighted by Gasteiger charge is 2.05. The van der Waals surface area contributed by atoms with Crippen LogP contribution in [0.2, 0.25) is 0 Å². The molecule has 2 rings (SSSR count). The second kappa shape index (κ2) is 4.65. The van der Waals surface area contributed by atoms with Crippen LogP contribution < -0.4 is 5.32 Å². The van der Waals surface area contributed by atoms with Crippen molar-refractivity contribution in [3.05, 3.63) is 46.4 Å². The molecule has 0 aliphatic carbocycles. The minimum atomic E-state index is -0.0735. The molecule has 1 N–H and O–H groups in total. The second-order valence-electron chi connectivity index (χ2n) is 2.87. The summed E-state index contributed by atoms with van der Waals surface area (Å²) in [7, 11) is 0. The predicted molar refractivity (Wildman–Crippen MR) is 57.5 cm³/mol. The monoisotopic (exact) mass is 219 g/mol. The zero-order chi connectivity index (χ0) is 10.5. The molecule has 0 fully saturated rings. The van der Waals surface area contributed by atoms with Crippen LogP contribution in [0.15, 0.2) is 35.8 Å². The molecule has 0 aromatic carbocycles. The zero-order valence-corrected chi connectivity index (χ0v) is 8.70. The van der Waals surface area contributed by atoms with E-state index in [-0.39, 0.29) is 5.91 Å². The highest BCUT2D eigenvalue weighted by molar-refractivity contribution is 7.12. The van der Waals surface area contributed by atoms with E-state index in [4.69, 9.17) is 0 Å². The molecule has 0 radical (unpaired) electrons. The number of hydrogen-bond acceptors (Lipinski definition) is 4. The SMILES string of the molecule is O=C(NCc1cccnn1)c1cccs1. The fourth-order valence-electron chi connectivity index (χ4n) is 1.09. The normalized spacial score (nSPS) is 9.87. The van der Waals surface area contributed by atoms with Crippen molar-refractivity contribution >= 4 is 17.2 Å². The Balaban J connectivity index is 1.92. The third kappa shape index (κ3) is 2.60. The van der Waals surface area contributed by atoms with Gasteiger partial charge in [0.2, 0.25) is 0 Å². The summed E-state index contributed by atoms with van der Waals surface area (Å²) in [6, 6.07) is 7.25. The van der Waals surface area contributed by atoms with Gasteiger partial charge in [0.1, 0.15) is 0 Å². The number of carbonyl (C=O) groups is 1. The van der Waals surface area contributed by atoms with E-state index in [1.165, 1.54) is 11.3 Å². The quantitative estimate of drug-likeness (QED) is 0.850. The molecule has 5 heteroatoms. The minimum Gasteiger partial charge on any atom is -0.346 e. The summed E-state index contributed by atoms with van der Waals surface area (Å²) < 4.78 is 0. The first-order valence-corrected chi connectivity index (χ1v) is 5.32. The molecule has 2 heterocycles. The van der Waals surface area contributed by atoms with Crippen LogP contribution in [0.25, 0.3) is 0 Å². The summed E-state index contributed by atoms with van der Waals surface area (Å²) in [5.41, 5.74) is 0.752. The van der Waals surface area contributed by atoms with Crippen LogP contribution in [0.1, 0.15) is 15.4 Å². The summed E-state index contributed by atoms with van der Waals surface area (Å²) in [5, 5.41) is 12.2. The summed E-state index contributed by atoms with van der Waals surface area (Å²) in [4.78, 5) is 12.2. The Morgan fingerprint density at radius 3 is 3.00 bits per heavy atom. The number of aromatic nitrogens is 2. The Hall–Kier alpha value is -1.75. The van der Waals surface area contributed by atoms with Gasteiger partial charge in [0, 0.05) is 6.20 Å². The lowest BCUT2D eigenvalue weighted by atomic mass is 10.3. The molecule has 4 nitrogen and oxygen atoms in total. The number of hydrogen-bond donors (Lipinski definition) is 1. The van der Waals surface area contributed by atoms with Crippen molar-refractivity contribution in [1.29, 1.82) is 0 Å². The molecule has 2 aromatic heterocycles. The first kappa shape index (κ1) is 9.79. The molecular weight excluding hydrogens is 210 g/mol. The van der Waals surface area contributed by atoms with Gasteiger partial charge in [-0.05, 0) is 23.6 Å². The molecule has 76 valence electrons. The first-order chi connectivity index (χ1) is 7.36. The van der Waals surface area contributed by atoms with E-state index in [0.717, 1.165) is 5.69 Å². The van der Waals surface area contributed by atoms with Crippen LogP contribution in [-0.4, -0.2) is 16.1 Å². The number of amides is 1. The highest BCUT2D eigenvalue weighted by atomic mass is 32.1. The van der Waals surface area contributed by atoms with Crippen LogP contribution in [0.5, 0.6) is 0 Å². The van der Waals surface area contributed by atoms with Gasteiger partial charge in [0.25, 0.3) is 5.91 Å². The molecular formula is C10H9N3OS. The zero-order valence-electron chi connectivity index (χ0n) is 7.88. The lowest BCUT2D eigenvalue weighted by Gasteiger charge is -2.01. The predicted octanol–water partition coefficient (Wildman–Crippen LogP) is 1.47.